The van der Waals surface area contributed by atoms with Gasteiger partial charge in [0.05, 0.1) is 9.35 Å². The van der Waals surface area contributed by atoms with E-state index < -0.39 is 0 Å². The summed E-state index contributed by atoms with van der Waals surface area (Å²) in [5, 5.41) is 4.87. The maximum Gasteiger partial charge on any atom is 0.256 e. The summed E-state index contributed by atoms with van der Waals surface area (Å²) in [4.78, 5) is 18.3. The standard InChI is InChI=1S/C18H10Br2FN3OS/c19-11-8-13(20)16-22-15(14-2-1-7-26-14)17(24(16)9-11)23-18(25)10-3-5-12(21)6-4-10/h1-9H,(H,23,25). The van der Waals surface area contributed by atoms with Crippen molar-refractivity contribution in [3.05, 3.63) is 74.4 Å². The number of amides is 1. The Morgan fingerprint density at radius 3 is 2.65 bits per heavy atom. The summed E-state index contributed by atoms with van der Waals surface area (Å²) in [6.07, 6.45) is 1.84. The van der Waals surface area contributed by atoms with Gasteiger partial charge in [0, 0.05) is 16.2 Å². The number of benzene rings is 1. The highest BCUT2D eigenvalue weighted by atomic mass is 79.9. The number of hydrogen-bond donors (Lipinski definition) is 1. The molecule has 0 spiro atoms. The van der Waals surface area contributed by atoms with E-state index in [-0.39, 0.29) is 11.7 Å². The molecule has 26 heavy (non-hydrogen) atoms. The zero-order valence-electron chi connectivity index (χ0n) is 13.0. The summed E-state index contributed by atoms with van der Waals surface area (Å²) in [6, 6.07) is 11.2. The van der Waals surface area contributed by atoms with Crippen molar-refractivity contribution in [1.29, 1.82) is 0 Å². The lowest BCUT2D eigenvalue weighted by Gasteiger charge is -2.08. The van der Waals surface area contributed by atoms with Gasteiger partial charge in [-0.15, -0.1) is 11.3 Å². The number of fused-ring (bicyclic) bond motifs is 1. The van der Waals surface area contributed by atoms with E-state index in [1.165, 1.54) is 35.6 Å². The van der Waals surface area contributed by atoms with Gasteiger partial charge in [-0.1, -0.05) is 6.07 Å². The van der Waals surface area contributed by atoms with Crippen LogP contribution in [0.1, 0.15) is 10.4 Å². The molecule has 4 aromatic rings. The van der Waals surface area contributed by atoms with Crippen LogP contribution >= 0.6 is 43.2 Å². The molecular weight excluding hydrogens is 485 g/mol. The quantitative estimate of drug-likeness (QED) is 0.381. The van der Waals surface area contributed by atoms with E-state index in [4.69, 9.17) is 0 Å². The van der Waals surface area contributed by atoms with Crippen molar-refractivity contribution < 1.29 is 9.18 Å². The third-order valence-corrected chi connectivity index (χ3v) is 5.63. The smallest absolute Gasteiger partial charge is 0.256 e. The first-order valence-electron chi connectivity index (χ1n) is 7.51. The Bertz CT molecular complexity index is 1110. The Kier molecular flexibility index (Phi) is 4.64. The van der Waals surface area contributed by atoms with Crippen molar-refractivity contribution in [2.24, 2.45) is 0 Å². The highest BCUT2D eigenvalue weighted by Gasteiger charge is 2.19. The molecule has 0 bridgehead atoms. The Morgan fingerprint density at radius 2 is 1.96 bits per heavy atom. The van der Waals surface area contributed by atoms with Crippen LogP contribution < -0.4 is 5.32 Å². The number of carbonyl (C=O) groups is 1. The molecule has 0 unspecified atom stereocenters. The number of hydrogen-bond acceptors (Lipinski definition) is 3. The topological polar surface area (TPSA) is 46.4 Å². The SMILES string of the molecule is O=C(Nc1c(-c2cccs2)nc2c(Br)cc(Br)cn12)c1ccc(F)cc1. The van der Waals surface area contributed by atoms with Gasteiger partial charge in [0.2, 0.25) is 0 Å². The molecule has 3 aromatic heterocycles. The van der Waals surface area contributed by atoms with Crippen LogP contribution in [0.5, 0.6) is 0 Å². The van der Waals surface area contributed by atoms with Crippen molar-refractivity contribution in [2.75, 3.05) is 5.32 Å². The van der Waals surface area contributed by atoms with E-state index in [2.05, 4.69) is 42.2 Å². The van der Waals surface area contributed by atoms with Crippen LogP contribution in [0, 0.1) is 5.82 Å². The van der Waals surface area contributed by atoms with Gasteiger partial charge in [-0.2, -0.15) is 0 Å². The number of imidazole rings is 1. The fraction of sp³-hybridized carbons (Fsp3) is 0. The van der Waals surface area contributed by atoms with Crippen molar-refractivity contribution in [2.45, 2.75) is 0 Å². The van der Waals surface area contributed by atoms with Crippen LogP contribution in [0.4, 0.5) is 10.2 Å². The minimum absolute atomic E-state index is 0.333. The average molecular weight is 495 g/mol. The molecule has 3 heterocycles. The Morgan fingerprint density at radius 1 is 1.19 bits per heavy atom. The van der Waals surface area contributed by atoms with E-state index >= 15 is 0 Å². The first-order valence-corrected chi connectivity index (χ1v) is 9.97. The summed E-state index contributed by atoms with van der Waals surface area (Å²) in [5.74, 6) is -0.164. The summed E-state index contributed by atoms with van der Waals surface area (Å²) in [5.41, 5.74) is 1.73. The largest absolute Gasteiger partial charge is 0.306 e. The predicted octanol–water partition coefficient (Wildman–Crippen LogP) is 5.98. The van der Waals surface area contributed by atoms with Gasteiger partial charge in [-0.3, -0.25) is 9.20 Å². The predicted molar refractivity (Wildman–Crippen MR) is 108 cm³/mol. The number of halogens is 3. The molecule has 0 aliphatic heterocycles. The van der Waals surface area contributed by atoms with E-state index in [1.54, 1.807) is 0 Å². The molecule has 4 nitrogen and oxygen atoms in total. The molecule has 0 atom stereocenters. The Balaban J connectivity index is 1.85. The molecule has 130 valence electrons. The zero-order valence-corrected chi connectivity index (χ0v) is 17.0. The van der Waals surface area contributed by atoms with E-state index in [0.717, 1.165) is 13.8 Å². The summed E-state index contributed by atoms with van der Waals surface area (Å²) in [6.45, 7) is 0. The number of nitrogens with zero attached hydrogens (tertiary/aromatic N) is 2. The second-order valence-corrected chi connectivity index (χ2v) is 8.16. The Hall–Kier alpha value is -2.03. The number of thiophene rings is 1. The lowest BCUT2D eigenvalue weighted by atomic mass is 10.2. The second-order valence-electron chi connectivity index (χ2n) is 5.45. The van der Waals surface area contributed by atoms with Crippen LogP contribution in [-0.2, 0) is 0 Å². The first kappa shape index (κ1) is 17.4. The molecule has 1 N–H and O–H groups in total. The van der Waals surface area contributed by atoms with Gasteiger partial charge in [0.1, 0.15) is 17.3 Å². The molecule has 0 radical (unpaired) electrons. The van der Waals surface area contributed by atoms with Crippen LogP contribution in [0.2, 0.25) is 0 Å². The molecule has 1 amide bonds. The minimum atomic E-state index is -0.386. The molecule has 0 aliphatic rings. The molecule has 0 aliphatic carbocycles. The molecule has 1 aromatic carbocycles. The highest BCUT2D eigenvalue weighted by molar-refractivity contribution is 9.11. The van der Waals surface area contributed by atoms with Crippen LogP contribution in [0.25, 0.3) is 16.2 Å². The highest BCUT2D eigenvalue weighted by Crippen LogP contribution is 2.35. The van der Waals surface area contributed by atoms with E-state index in [0.29, 0.717) is 22.7 Å². The third kappa shape index (κ3) is 3.20. The fourth-order valence-corrected chi connectivity index (χ4v) is 4.54. The van der Waals surface area contributed by atoms with Crippen molar-refractivity contribution in [1.82, 2.24) is 9.38 Å². The number of carbonyl (C=O) groups excluding carboxylic acids is 1. The van der Waals surface area contributed by atoms with Gasteiger partial charge in [0.15, 0.2) is 5.65 Å². The van der Waals surface area contributed by atoms with Crippen molar-refractivity contribution >= 4 is 60.6 Å². The summed E-state index contributed by atoms with van der Waals surface area (Å²) in [7, 11) is 0. The second kappa shape index (κ2) is 6.94. The molecule has 0 saturated heterocycles. The molecule has 0 saturated carbocycles. The maximum atomic E-state index is 13.1. The van der Waals surface area contributed by atoms with Gasteiger partial charge in [0.25, 0.3) is 5.91 Å². The fourth-order valence-electron chi connectivity index (χ4n) is 2.56. The first-order chi connectivity index (χ1) is 12.5. The number of anilines is 1. The lowest BCUT2D eigenvalue weighted by molar-refractivity contribution is 0.102. The molecule has 0 fully saturated rings. The average Bonchev–Trinajstić information content (AvgIpc) is 3.24. The number of rotatable bonds is 3. The normalized spacial score (nSPS) is 11.0. The van der Waals surface area contributed by atoms with E-state index in [1.807, 2.05) is 34.2 Å². The maximum absolute atomic E-state index is 13.1. The summed E-state index contributed by atoms with van der Waals surface area (Å²) < 4.78 is 16.6. The number of nitrogens with one attached hydrogen (secondary N) is 1. The van der Waals surface area contributed by atoms with Gasteiger partial charge >= 0.3 is 0 Å². The van der Waals surface area contributed by atoms with Crippen LogP contribution in [-0.4, -0.2) is 15.3 Å². The number of aromatic nitrogens is 2. The van der Waals surface area contributed by atoms with Crippen LogP contribution in [0.15, 0.2) is 63.0 Å². The molecule has 4 rings (SSSR count). The third-order valence-electron chi connectivity index (χ3n) is 3.73. The molecular formula is C18H10Br2FN3OS. The van der Waals surface area contributed by atoms with Gasteiger partial charge in [-0.05, 0) is 73.6 Å². The van der Waals surface area contributed by atoms with E-state index in [9.17, 15) is 9.18 Å². The minimum Gasteiger partial charge on any atom is -0.306 e. The summed E-state index contributed by atoms with van der Waals surface area (Å²) >= 11 is 8.51. The van der Waals surface area contributed by atoms with Gasteiger partial charge < -0.3 is 5.32 Å². The van der Waals surface area contributed by atoms with Gasteiger partial charge in [-0.25, -0.2) is 9.37 Å². The monoisotopic (exact) mass is 493 g/mol. The lowest BCUT2D eigenvalue weighted by Crippen LogP contribution is -2.14. The van der Waals surface area contributed by atoms with Crippen LogP contribution in [0.3, 0.4) is 0 Å². The van der Waals surface area contributed by atoms with Crippen molar-refractivity contribution in [3.8, 4) is 10.6 Å². The number of pyridine rings is 1. The Labute approximate surface area is 169 Å². The van der Waals surface area contributed by atoms with Crippen molar-refractivity contribution in [3.63, 3.8) is 0 Å². The molecule has 8 heteroatoms. The zero-order chi connectivity index (χ0) is 18.3.